The number of nitrogens with one attached hydrogen (secondary N) is 3. The predicted molar refractivity (Wildman–Crippen MR) is 121 cm³/mol. The number of amides is 3. The summed E-state index contributed by atoms with van der Waals surface area (Å²) in [5.41, 5.74) is 16.5. The first-order chi connectivity index (χ1) is 14.8. The lowest BCUT2D eigenvalue weighted by molar-refractivity contribution is -0.138. The van der Waals surface area contributed by atoms with Crippen LogP contribution in [0.5, 0.6) is 0 Å². The fourth-order valence-corrected chi connectivity index (χ4v) is 2.93. The zero-order chi connectivity index (χ0) is 24.8. The van der Waals surface area contributed by atoms with Crippen molar-refractivity contribution in [1.82, 2.24) is 16.0 Å². The molecule has 0 saturated carbocycles. The Morgan fingerprint density at radius 1 is 0.875 bits per heavy atom. The van der Waals surface area contributed by atoms with Crippen molar-refractivity contribution in [2.24, 2.45) is 34.0 Å². The summed E-state index contributed by atoms with van der Waals surface area (Å²) in [6.45, 7) is 7.31. The fourth-order valence-electron chi connectivity index (χ4n) is 2.93. The molecular formula is C20H39N7O5. The third-order valence-corrected chi connectivity index (χ3v) is 4.39. The zero-order valence-electron chi connectivity index (χ0n) is 19.4. The maximum atomic E-state index is 12.9. The average Bonchev–Trinajstić information content (AvgIpc) is 2.66. The van der Waals surface area contributed by atoms with Gasteiger partial charge >= 0.3 is 5.97 Å². The van der Waals surface area contributed by atoms with E-state index >= 15 is 0 Å². The van der Waals surface area contributed by atoms with Gasteiger partial charge in [-0.2, -0.15) is 0 Å². The first-order valence-electron chi connectivity index (χ1n) is 10.7. The van der Waals surface area contributed by atoms with Gasteiger partial charge in [0.2, 0.25) is 17.7 Å². The van der Waals surface area contributed by atoms with Gasteiger partial charge in [0.05, 0.1) is 6.04 Å². The third kappa shape index (κ3) is 13.4. The molecule has 3 unspecified atom stereocenters. The lowest BCUT2D eigenvalue weighted by Crippen LogP contribution is -2.56. The van der Waals surface area contributed by atoms with Crippen molar-refractivity contribution in [3.8, 4) is 0 Å². The van der Waals surface area contributed by atoms with E-state index in [1.54, 1.807) is 0 Å². The van der Waals surface area contributed by atoms with E-state index in [-0.39, 0.29) is 30.8 Å². The molecule has 0 aliphatic heterocycles. The van der Waals surface area contributed by atoms with Crippen LogP contribution in [0.1, 0.15) is 53.4 Å². The van der Waals surface area contributed by atoms with E-state index in [1.807, 2.05) is 27.7 Å². The molecule has 32 heavy (non-hydrogen) atoms. The molecule has 0 radical (unpaired) electrons. The molecule has 0 aromatic rings. The first kappa shape index (κ1) is 29.1. The minimum absolute atomic E-state index is 0.0773. The summed E-state index contributed by atoms with van der Waals surface area (Å²) in [6, 6.07) is -2.67. The maximum absolute atomic E-state index is 12.9. The Balaban J connectivity index is 5.31. The van der Waals surface area contributed by atoms with Gasteiger partial charge < -0.3 is 38.3 Å². The molecule has 0 rings (SSSR count). The number of carbonyl (C=O) groups is 4. The quantitative estimate of drug-likeness (QED) is 0.0882. The number of carbonyl (C=O) groups excluding carboxylic acids is 3. The van der Waals surface area contributed by atoms with Crippen molar-refractivity contribution in [2.75, 3.05) is 13.1 Å². The molecule has 0 spiro atoms. The number of aliphatic imine (C=N–C) groups is 1. The first-order valence-corrected chi connectivity index (χ1v) is 10.7. The van der Waals surface area contributed by atoms with Crippen LogP contribution in [-0.4, -0.2) is 66.0 Å². The van der Waals surface area contributed by atoms with Crippen LogP contribution in [0.25, 0.3) is 0 Å². The summed E-state index contributed by atoms with van der Waals surface area (Å²) in [5, 5.41) is 16.3. The second kappa shape index (κ2) is 15.0. The Morgan fingerprint density at radius 3 is 1.94 bits per heavy atom. The van der Waals surface area contributed by atoms with Gasteiger partial charge in [0.25, 0.3) is 0 Å². The van der Waals surface area contributed by atoms with E-state index in [0.717, 1.165) is 0 Å². The highest BCUT2D eigenvalue weighted by molar-refractivity contribution is 5.93. The van der Waals surface area contributed by atoms with Gasteiger partial charge in [0, 0.05) is 6.54 Å². The number of nitrogens with two attached hydrogens (primary N) is 3. The van der Waals surface area contributed by atoms with Crippen LogP contribution in [0.15, 0.2) is 4.99 Å². The Bertz CT molecular complexity index is 663. The van der Waals surface area contributed by atoms with Crippen molar-refractivity contribution >= 4 is 29.7 Å². The van der Waals surface area contributed by atoms with E-state index in [0.29, 0.717) is 19.3 Å². The highest BCUT2D eigenvalue weighted by Gasteiger charge is 2.28. The maximum Gasteiger partial charge on any atom is 0.322 e. The smallest absolute Gasteiger partial charge is 0.322 e. The summed E-state index contributed by atoms with van der Waals surface area (Å²) in [6.07, 6.45) is 1.34. The summed E-state index contributed by atoms with van der Waals surface area (Å²) in [5.74, 6) is -2.68. The van der Waals surface area contributed by atoms with E-state index in [1.165, 1.54) is 0 Å². The molecule has 0 aromatic heterocycles. The molecule has 0 aliphatic carbocycles. The third-order valence-electron chi connectivity index (χ3n) is 4.39. The van der Waals surface area contributed by atoms with Crippen LogP contribution < -0.4 is 33.2 Å². The Morgan fingerprint density at radius 2 is 1.44 bits per heavy atom. The molecule has 3 atom stereocenters. The number of carboxylic acid groups (broad SMARTS) is 1. The Kier molecular flexibility index (Phi) is 13.6. The number of hydrogen-bond donors (Lipinski definition) is 7. The number of hydrogen-bond acceptors (Lipinski definition) is 6. The number of guanidine groups is 1. The van der Waals surface area contributed by atoms with Gasteiger partial charge in [-0.15, -0.1) is 0 Å². The molecule has 0 aromatic carbocycles. The topological polar surface area (TPSA) is 215 Å². The predicted octanol–water partition coefficient (Wildman–Crippen LogP) is -1.37. The Labute approximate surface area is 189 Å². The fraction of sp³-hybridized carbons (Fsp3) is 0.750. The normalized spacial score (nSPS) is 13.7. The van der Waals surface area contributed by atoms with Gasteiger partial charge in [0.15, 0.2) is 5.96 Å². The van der Waals surface area contributed by atoms with Gasteiger partial charge in [-0.25, -0.2) is 0 Å². The highest BCUT2D eigenvalue weighted by Crippen LogP contribution is 2.09. The van der Waals surface area contributed by atoms with Gasteiger partial charge in [0.1, 0.15) is 18.6 Å². The molecule has 0 heterocycles. The van der Waals surface area contributed by atoms with E-state index in [4.69, 9.17) is 22.3 Å². The van der Waals surface area contributed by atoms with Gasteiger partial charge in [-0.05, 0) is 37.5 Å². The van der Waals surface area contributed by atoms with Crippen LogP contribution >= 0.6 is 0 Å². The molecule has 0 aliphatic rings. The lowest BCUT2D eigenvalue weighted by Gasteiger charge is -2.25. The van der Waals surface area contributed by atoms with Crippen molar-refractivity contribution in [1.29, 1.82) is 0 Å². The number of rotatable bonds is 15. The molecule has 0 fully saturated rings. The number of aliphatic carboxylic acids is 1. The summed E-state index contributed by atoms with van der Waals surface area (Å²) in [7, 11) is 0. The molecule has 0 bridgehead atoms. The van der Waals surface area contributed by atoms with Crippen molar-refractivity contribution in [3.05, 3.63) is 0 Å². The number of carboxylic acids is 1. The average molecular weight is 458 g/mol. The van der Waals surface area contributed by atoms with Crippen molar-refractivity contribution in [2.45, 2.75) is 71.5 Å². The minimum atomic E-state index is -1.21. The van der Waals surface area contributed by atoms with Crippen molar-refractivity contribution in [3.63, 3.8) is 0 Å². The van der Waals surface area contributed by atoms with Crippen LogP contribution in [0, 0.1) is 11.8 Å². The Hall–Kier alpha value is -2.89. The van der Waals surface area contributed by atoms with E-state index < -0.39 is 48.4 Å². The standard InChI is InChI=1S/C20H39N7O5/c1-11(2)8-13(21)17(30)27-15(9-12(3)4)19(32)26-14(6-5-7-24-20(22)23)18(31)25-10-16(28)29/h11-15H,5-10,21H2,1-4H3,(H,25,31)(H,26,32)(H,27,30)(H,28,29)(H4,22,23,24). The van der Waals surface area contributed by atoms with Crippen molar-refractivity contribution < 1.29 is 24.3 Å². The van der Waals surface area contributed by atoms with Crippen LogP contribution in [0.2, 0.25) is 0 Å². The highest BCUT2D eigenvalue weighted by atomic mass is 16.4. The zero-order valence-corrected chi connectivity index (χ0v) is 19.4. The van der Waals surface area contributed by atoms with Crippen LogP contribution in [0.3, 0.4) is 0 Å². The van der Waals surface area contributed by atoms with Crippen LogP contribution in [-0.2, 0) is 19.2 Å². The molecule has 3 amide bonds. The lowest BCUT2D eigenvalue weighted by atomic mass is 10.00. The monoisotopic (exact) mass is 457 g/mol. The molecule has 0 saturated heterocycles. The van der Waals surface area contributed by atoms with Gasteiger partial charge in [-0.1, -0.05) is 27.7 Å². The second-order valence-corrected chi connectivity index (χ2v) is 8.55. The largest absolute Gasteiger partial charge is 0.480 e. The van der Waals surface area contributed by atoms with Crippen LogP contribution in [0.4, 0.5) is 0 Å². The molecular weight excluding hydrogens is 418 g/mol. The van der Waals surface area contributed by atoms with E-state index in [2.05, 4.69) is 20.9 Å². The number of nitrogens with zero attached hydrogens (tertiary/aromatic N) is 1. The molecule has 10 N–H and O–H groups in total. The summed E-state index contributed by atoms with van der Waals surface area (Å²) in [4.78, 5) is 52.4. The molecule has 12 heteroatoms. The molecule has 12 nitrogen and oxygen atoms in total. The van der Waals surface area contributed by atoms with E-state index in [9.17, 15) is 19.2 Å². The minimum Gasteiger partial charge on any atom is -0.480 e. The summed E-state index contributed by atoms with van der Waals surface area (Å²) < 4.78 is 0. The summed E-state index contributed by atoms with van der Waals surface area (Å²) >= 11 is 0. The molecule has 184 valence electrons. The SMILES string of the molecule is CC(C)CC(N)C(=O)NC(CC(C)C)C(=O)NC(CCCN=C(N)N)C(=O)NCC(=O)O. The van der Waals surface area contributed by atoms with Gasteiger partial charge in [-0.3, -0.25) is 24.2 Å². The second-order valence-electron chi connectivity index (χ2n) is 8.55.